The lowest BCUT2D eigenvalue weighted by atomic mass is 9.98. The quantitative estimate of drug-likeness (QED) is 0.324. The fourth-order valence-corrected chi connectivity index (χ4v) is 3.93. The van der Waals surface area contributed by atoms with E-state index in [1.165, 1.54) is 20.2 Å². The first-order chi connectivity index (χ1) is 19.0. The van der Waals surface area contributed by atoms with Crippen LogP contribution in [0.4, 0.5) is 0 Å². The number of esters is 5. The second-order valence-corrected chi connectivity index (χ2v) is 8.63. The Labute approximate surface area is 229 Å². The fraction of sp³-hybridized carbons (Fsp3) is 0.407. The van der Waals surface area contributed by atoms with E-state index in [9.17, 15) is 24.0 Å². The Morgan fingerprint density at radius 1 is 0.775 bits per heavy atom. The third kappa shape index (κ3) is 7.99. The summed E-state index contributed by atoms with van der Waals surface area (Å²) >= 11 is 0. The summed E-state index contributed by atoms with van der Waals surface area (Å²) in [4.78, 5) is 63.2. The maximum Gasteiger partial charge on any atom is 0.339 e. The van der Waals surface area contributed by atoms with Gasteiger partial charge in [0.2, 0.25) is 12.4 Å². The molecule has 214 valence electrons. The van der Waals surface area contributed by atoms with E-state index in [2.05, 4.69) is 9.72 Å². The molecule has 1 aromatic carbocycles. The standard InChI is InChI=1S/C27H29NO12/c1-14(29)35-13-22-23(36-15(2)30)24(37-16(3)31)25(38-17(4)32)27(40-22)39-20-9-6-18(7-10-20)21-11-8-19(12-28-21)26(33)34-5/h6-12,22-25,27H,13H2,1-5H3/t22-,23-,24+,25+,27+/m1/s1. The Balaban J connectivity index is 1.89. The molecule has 0 unspecified atom stereocenters. The highest BCUT2D eigenvalue weighted by Gasteiger charge is 2.53. The highest BCUT2D eigenvalue weighted by Crippen LogP contribution is 2.31. The average Bonchev–Trinajstić information content (AvgIpc) is 2.90. The van der Waals surface area contributed by atoms with E-state index in [-0.39, 0.29) is 12.4 Å². The van der Waals surface area contributed by atoms with Crippen LogP contribution in [-0.4, -0.2) is 79.3 Å². The van der Waals surface area contributed by atoms with E-state index in [0.717, 1.165) is 20.8 Å². The molecule has 1 aromatic heterocycles. The molecule has 0 spiro atoms. The molecule has 2 heterocycles. The second-order valence-electron chi connectivity index (χ2n) is 8.63. The van der Waals surface area contributed by atoms with Crippen molar-refractivity contribution in [1.29, 1.82) is 0 Å². The van der Waals surface area contributed by atoms with Crippen LogP contribution < -0.4 is 4.74 Å². The van der Waals surface area contributed by atoms with Crippen LogP contribution in [0.25, 0.3) is 11.3 Å². The number of carbonyl (C=O) groups is 5. The zero-order valence-electron chi connectivity index (χ0n) is 22.5. The zero-order valence-corrected chi connectivity index (χ0v) is 22.5. The first-order valence-electron chi connectivity index (χ1n) is 12.1. The van der Waals surface area contributed by atoms with Crippen molar-refractivity contribution in [2.45, 2.75) is 58.4 Å². The summed E-state index contributed by atoms with van der Waals surface area (Å²) in [5.41, 5.74) is 1.58. The molecule has 3 rings (SSSR count). The van der Waals surface area contributed by atoms with Crippen LogP contribution in [0.3, 0.4) is 0 Å². The molecule has 2 aromatic rings. The highest BCUT2D eigenvalue weighted by molar-refractivity contribution is 5.89. The molecule has 0 aliphatic carbocycles. The molecule has 0 saturated carbocycles. The third-order valence-corrected chi connectivity index (χ3v) is 5.54. The molecule has 0 N–H and O–H groups in total. The minimum absolute atomic E-state index is 0.274. The lowest BCUT2D eigenvalue weighted by Gasteiger charge is -2.43. The van der Waals surface area contributed by atoms with E-state index in [1.807, 2.05) is 0 Å². The van der Waals surface area contributed by atoms with Gasteiger partial charge in [0.15, 0.2) is 12.2 Å². The first kappa shape index (κ1) is 30.0. The Hall–Kier alpha value is -4.52. The van der Waals surface area contributed by atoms with Gasteiger partial charge in [-0.3, -0.25) is 24.2 Å². The van der Waals surface area contributed by atoms with Gasteiger partial charge in [-0.25, -0.2) is 4.79 Å². The van der Waals surface area contributed by atoms with E-state index in [1.54, 1.807) is 36.4 Å². The smallest absolute Gasteiger partial charge is 0.339 e. The van der Waals surface area contributed by atoms with Crippen LogP contribution in [0, 0.1) is 0 Å². The number of carbonyl (C=O) groups excluding carboxylic acids is 5. The lowest BCUT2D eigenvalue weighted by molar-refractivity contribution is -0.288. The number of nitrogens with zero attached hydrogens (tertiary/aromatic N) is 1. The van der Waals surface area contributed by atoms with Gasteiger partial charge < -0.3 is 33.2 Å². The summed E-state index contributed by atoms with van der Waals surface area (Å²) in [5, 5.41) is 0. The largest absolute Gasteiger partial charge is 0.465 e. The van der Waals surface area contributed by atoms with E-state index < -0.39 is 60.6 Å². The molecule has 0 amide bonds. The van der Waals surface area contributed by atoms with Crippen LogP contribution >= 0.6 is 0 Å². The molecule has 13 heteroatoms. The van der Waals surface area contributed by atoms with Crippen LogP contribution in [0.1, 0.15) is 38.1 Å². The minimum atomic E-state index is -1.36. The number of rotatable bonds is 9. The first-order valence-corrected chi connectivity index (χ1v) is 12.1. The monoisotopic (exact) mass is 559 g/mol. The molecular weight excluding hydrogens is 530 g/mol. The van der Waals surface area contributed by atoms with Gasteiger partial charge in [-0.15, -0.1) is 0 Å². The van der Waals surface area contributed by atoms with Gasteiger partial charge in [-0.05, 0) is 36.4 Å². The van der Waals surface area contributed by atoms with Gasteiger partial charge in [0.05, 0.1) is 18.4 Å². The summed E-state index contributed by atoms with van der Waals surface area (Å²) in [6, 6.07) is 9.82. The van der Waals surface area contributed by atoms with E-state index in [0.29, 0.717) is 16.8 Å². The predicted octanol–water partition coefficient (Wildman–Crippen LogP) is 2.00. The van der Waals surface area contributed by atoms with Crippen molar-refractivity contribution < 1.29 is 57.1 Å². The maximum atomic E-state index is 12.0. The van der Waals surface area contributed by atoms with Gasteiger partial charge in [0, 0.05) is 39.5 Å². The molecule has 13 nitrogen and oxygen atoms in total. The molecule has 40 heavy (non-hydrogen) atoms. The minimum Gasteiger partial charge on any atom is -0.465 e. The SMILES string of the molecule is COC(=O)c1ccc(-c2ccc(O[C@H]3O[C@H](COC(C)=O)[C@@H](OC(C)=O)[C@H](OC(C)=O)[C@@H]3OC(C)=O)cc2)nc1. The Kier molecular flexibility index (Phi) is 10.1. The molecule has 1 fully saturated rings. The number of ether oxygens (including phenoxy) is 7. The van der Waals surface area contributed by atoms with Crippen molar-refractivity contribution in [3.05, 3.63) is 48.2 Å². The number of methoxy groups -OCH3 is 1. The number of aromatic nitrogens is 1. The summed E-state index contributed by atoms with van der Waals surface area (Å²) in [6.07, 6.45) is -5.09. The van der Waals surface area contributed by atoms with E-state index in [4.69, 9.17) is 28.4 Å². The summed E-state index contributed by atoms with van der Waals surface area (Å²) in [7, 11) is 1.28. The Bertz CT molecular complexity index is 1230. The summed E-state index contributed by atoms with van der Waals surface area (Å²) in [5.74, 6) is -3.08. The Morgan fingerprint density at radius 2 is 1.38 bits per heavy atom. The summed E-state index contributed by atoms with van der Waals surface area (Å²) < 4.78 is 37.8. The molecular formula is C27H29NO12. The molecule has 1 aliphatic rings. The number of hydrogen-bond donors (Lipinski definition) is 0. The van der Waals surface area contributed by atoms with Crippen molar-refractivity contribution in [1.82, 2.24) is 4.98 Å². The number of pyridine rings is 1. The van der Waals surface area contributed by atoms with Crippen molar-refractivity contribution in [2.24, 2.45) is 0 Å². The zero-order chi connectivity index (χ0) is 29.4. The van der Waals surface area contributed by atoms with Crippen molar-refractivity contribution in [2.75, 3.05) is 13.7 Å². The average molecular weight is 560 g/mol. The fourth-order valence-electron chi connectivity index (χ4n) is 3.93. The van der Waals surface area contributed by atoms with Crippen LogP contribution in [0.15, 0.2) is 42.6 Å². The van der Waals surface area contributed by atoms with Gasteiger partial charge >= 0.3 is 29.8 Å². The third-order valence-electron chi connectivity index (χ3n) is 5.54. The van der Waals surface area contributed by atoms with Crippen molar-refractivity contribution in [3.63, 3.8) is 0 Å². The molecule has 5 atom stereocenters. The Morgan fingerprint density at radius 3 is 1.90 bits per heavy atom. The van der Waals surface area contributed by atoms with Gasteiger partial charge in [0.1, 0.15) is 18.5 Å². The molecule has 1 aliphatic heterocycles. The normalized spacial score (nSPS) is 21.9. The van der Waals surface area contributed by atoms with Crippen LogP contribution in [-0.2, 0) is 47.6 Å². The second kappa shape index (κ2) is 13.5. The lowest BCUT2D eigenvalue weighted by Crippen LogP contribution is -2.63. The molecule has 0 radical (unpaired) electrons. The van der Waals surface area contributed by atoms with Crippen molar-refractivity contribution in [3.8, 4) is 17.0 Å². The summed E-state index contributed by atoms with van der Waals surface area (Å²) in [6.45, 7) is 4.22. The van der Waals surface area contributed by atoms with Gasteiger partial charge in [-0.2, -0.15) is 0 Å². The maximum absolute atomic E-state index is 12.0. The molecule has 0 bridgehead atoms. The van der Waals surface area contributed by atoms with Gasteiger partial charge in [-0.1, -0.05) is 0 Å². The van der Waals surface area contributed by atoms with E-state index >= 15 is 0 Å². The van der Waals surface area contributed by atoms with Crippen LogP contribution in [0.2, 0.25) is 0 Å². The van der Waals surface area contributed by atoms with Crippen LogP contribution in [0.5, 0.6) is 5.75 Å². The number of benzene rings is 1. The number of hydrogen-bond acceptors (Lipinski definition) is 13. The highest BCUT2D eigenvalue weighted by atomic mass is 16.7. The van der Waals surface area contributed by atoms with Crippen molar-refractivity contribution >= 4 is 29.8 Å². The topological polar surface area (TPSA) is 163 Å². The van der Waals surface area contributed by atoms with Gasteiger partial charge in [0.25, 0.3) is 0 Å². The predicted molar refractivity (Wildman–Crippen MR) is 134 cm³/mol. The molecule has 1 saturated heterocycles.